The third-order valence-corrected chi connectivity index (χ3v) is 5.50. The minimum absolute atomic E-state index is 0.636. The number of nitrogens with one attached hydrogen (secondary N) is 1. The van der Waals surface area contributed by atoms with Crippen LogP contribution < -0.4 is 0 Å². The van der Waals surface area contributed by atoms with E-state index in [1.165, 1.54) is 5.69 Å². The van der Waals surface area contributed by atoms with Gasteiger partial charge in [-0.25, -0.2) is 0 Å². The molecule has 1 rings (SSSR count). The maximum atomic E-state index is 5.79. The van der Waals surface area contributed by atoms with Crippen molar-refractivity contribution in [3.05, 3.63) is 24.0 Å². The van der Waals surface area contributed by atoms with Crippen molar-refractivity contribution in [2.24, 2.45) is 0 Å². The molecule has 0 spiro atoms. The number of aromatic nitrogens is 1. The summed E-state index contributed by atoms with van der Waals surface area (Å²) in [6, 6.07) is 4.90. The van der Waals surface area contributed by atoms with E-state index in [4.69, 9.17) is 13.3 Å². The highest BCUT2D eigenvalue weighted by Gasteiger charge is 2.39. The molecule has 1 aromatic heterocycles. The molecule has 0 radical (unpaired) electrons. The Morgan fingerprint density at radius 3 is 2.06 bits per heavy atom. The summed E-state index contributed by atoms with van der Waals surface area (Å²) in [6.45, 7) is 7.85. The van der Waals surface area contributed by atoms with Crippen LogP contribution in [0.2, 0.25) is 6.04 Å². The number of aromatic amines is 1. The second kappa shape index (κ2) is 7.65. The van der Waals surface area contributed by atoms with E-state index in [-0.39, 0.29) is 0 Å². The van der Waals surface area contributed by atoms with Gasteiger partial charge in [0, 0.05) is 37.8 Å². The maximum Gasteiger partial charge on any atom is 0.501 e. The smallest absolute Gasteiger partial charge is 0.374 e. The van der Waals surface area contributed by atoms with E-state index >= 15 is 0 Å². The minimum atomic E-state index is -2.47. The predicted octanol–water partition coefficient (Wildman–Crippen LogP) is 2.61. The number of aryl methyl sites for hydroxylation is 1. The fourth-order valence-corrected chi connectivity index (χ4v) is 4.39. The van der Waals surface area contributed by atoms with Crippen LogP contribution in [0.1, 0.15) is 26.5 Å². The summed E-state index contributed by atoms with van der Waals surface area (Å²) < 4.78 is 17.4. The fourth-order valence-electron chi connectivity index (χ4n) is 1.81. The summed E-state index contributed by atoms with van der Waals surface area (Å²) in [4.78, 5) is 3.19. The molecule has 0 aliphatic carbocycles. The highest BCUT2D eigenvalue weighted by molar-refractivity contribution is 6.60. The van der Waals surface area contributed by atoms with Crippen LogP contribution in [-0.2, 0) is 19.7 Å². The Bertz CT molecular complexity index is 273. The lowest BCUT2D eigenvalue weighted by molar-refractivity contribution is 0.0713. The van der Waals surface area contributed by atoms with Gasteiger partial charge < -0.3 is 18.3 Å². The van der Waals surface area contributed by atoms with Crippen LogP contribution in [-0.4, -0.2) is 33.6 Å². The first-order valence-electron chi connectivity index (χ1n) is 6.30. The highest BCUT2D eigenvalue weighted by atomic mass is 28.4. The normalized spacial score (nSPS) is 11.9. The van der Waals surface area contributed by atoms with E-state index in [0.717, 1.165) is 12.5 Å². The van der Waals surface area contributed by atoms with Crippen LogP contribution in [0.15, 0.2) is 18.3 Å². The molecule has 0 unspecified atom stereocenters. The molecule has 0 aromatic carbocycles. The molecule has 0 fully saturated rings. The summed E-state index contributed by atoms with van der Waals surface area (Å²) in [5.41, 5.74) is 1.20. The molecule has 1 aromatic rings. The van der Waals surface area contributed by atoms with Gasteiger partial charge in [0.05, 0.1) is 0 Å². The van der Waals surface area contributed by atoms with E-state index in [0.29, 0.717) is 19.8 Å². The third kappa shape index (κ3) is 4.63. The van der Waals surface area contributed by atoms with Gasteiger partial charge >= 0.3 is 8.80 Å². The van der Waals surface area contributed by atoms with Crippen LogP contribution in [0.5, 0.6) is 0 Å². The van der Waals surface area contributed by atoms with Crippen molar-refractivity contribution in [2.45, 2.75) is 33.2 Å². The number of H-pyrrole nitrogens is 1. The molecular weight excluding hydrogens is 234 g/mol. The molecule has 0 saturated carbocycles. The van der Waals surface area contributed by atoms with Gasteiger partial charge in [-0.15, -0.1) is 0 Å². The van der Waals surface area contributed by atoms with Gasteiger partial charge in [0.25, 0.3) is 0 Å². The average Bonchev–Trinajstić information content (AvgIpc) is 2.80. The summed E-state index contributed by atoms with van der Waals surface area (Å²) in [5, 5.41) is 0. The zero-order valence-corrected chi connectivity index (χ0v) is 12.0. The zero-order valence-electron chi connectivity index (χ0n) is 11.0. The van der Waals surface area contributed by atoms with Crippen LogP contribution >= 0.6 is 0 Å². The zero-order chi connectivity index (χ0) is 12.6. The molecule has 0 aliphatic heterocycles. The molecule has 0 bridgehead atoms. The third-order valence-electron chi connectivity index (χ3n) is 2.46. The van der Waals surface area contributed by atoms with Crippen molar-refractivity contribution >= 4 is 8.80 Å². The first-order valence-corrected chi connectivity index (χ1v) is 8.23. The molecule has 1 heterocycles. The van der Waals surface area contributed by atoms with E-state index in [2.05, 4.69) is 11.1 Å². The topological polar surface area (TPSA) is 43.5 Å². The quantitative estimate of drug-likeness (QED) is 0.692. The van der Waals surface area contributed by atoms with Crippen LogP contribution in [0.4, 0.5) is 0 Å². The Labute approximate surface area is 105 Å². The monoisotopic (exact) mass is 257 g/mol. The first-order chi connectivity index (χ1) is 8.26. The van der Waals surface area contributed by atoms with Gasteiger partial charge in [-0.1, -0.05) is 0 Å². The largest absolute Gasteiger partial charge is 0.501 e. The van der Waals surface area contributed by atoms with Gasteiger partial charge in [-0.05, 0) is 39.3 Å². The summed E-state index contributed by atoms with van der Waals surface area (Å²) in [5.74, 6) is 0. The van der Waals surface area contributed by atoms with Crippen molar-refractivity contribution < 1.29 is 13.3 Å². The van der Waals surface area contributed by atoms with Crippen molar-refractivity contribution in [2.75, 3.05) is 19.8 Å². The number of hydrogen-bond donors (Lipinski definition) is 1. The van der Waals surface area contributed by atoms with E-state index in [1.54, 1.807) is 0 Å². The van der Waals surface area contributed by atoms with Gasteiger partial charge in [0.1, 0.15) is 0 Å². The molecule has 0 amide bonds. The van der Waals surface area contributed by atoms with Gasteiger partial charge in [0.2, 0.25) is 0 Å². The Balaban J connectivity index is 2.59. The molecular formula is C12H23NO3Si. The van der Waals surface area contributed by atoms with Gasteiger partial charge in [-0.3, -0.25) is 0 Å². The van der Waals surface area contributed by atoms with Crippen molar-refractivity contribution in [1.29, 1.82) is 0 Å². The molecule has 0 saturated heterocycles. The second-order valence-corrected chi connectivity index (χ2v) is 6.41. The highest BCUT2D eigenvalue weighted by Crippen LogP contribution is 2.18. The van der Waals surface area contributed by atoms with E-state index < -0.39 is 8.80 Å². The lowest BCUT2D eigenvalue weighted by Gasteiger charge is -2.28. The van der Waals surface area contributed by atoms with Crippen LogP contribution in [0.3, 0.4) is 0 Å². The van der Waals surface area contributed by atoms with Crippen molar-refractivity contribution in [3.63, 3.8) is 0 Å². The first kappa shape index (κ1) is 14.4. The van der Waals surface area contributed by atoms with Crippen molar-refractivity contribution in [3.8, 4) is 0 Å². The van der Waals surface area contributed by atoms with Gasteiger partial charge in [0.15, 0.2) is 0 Å². The summed E-state index contributed by atoms with van der Waals surface area (Å²) >= 11 is 0. The number of hydrogen-bond acceptors (Lipinski definition) is 3. The second-order valence-electron chi connectivity index (χ2n) is 3.68. The van der Waals surface area contributed by atoms with E-state index in [9.17, 15) is 0 Å². The SMILES string of the molecule is CCO[Si](CCc1ccc[nH]1)(OCC)OCC. The Morgan fingerprint density at radius 2 is 1.65 bits per heavy atom. The maximum absolute atomic E-state index is 5.79. The molecule has 0 atom stereocenters. The molecule has 4 nitrogen and oxygen atoms in total. The van der Waals surface area contributed by atoms with Crippen LogP contribution in [0.25, 0.3) is 0 Å². The fraction of sp³-hybridized carbons (Fsp3) is 0.667. The molecule has 1 N–H and O–H groups in total. The van der Waals surface area contributed by atoms with Crippen LogP contribution in [0, 0.1) is 0 Å². The Hall–Kier alpha value is -0.623. The Morgan fingerprint density at radius 1 is 1.06 bits per heavy atom. The standard InChI is InChI=1S/C12H23NO3Si/c1-4-14-17(15-5-2,16-6-3)11-9-12-8-7-10-13-12/h7-8,10,13H,4-6,9,11H2,1-3H3. The Kier molecular flexibility index (Phi) is 6.50. The average molecular weight is 257 g/mol. The van der Waals surface area contributed by atoms with Gasteiger partial charge in [-0.2, -0.15) is 0 Å². The molecule has 5 heteroatoms. The van der Waals surface area contributed by atoms with Crippen molar-refractivity contribution in [1.82, 2.24) is 4.98 Å². The number of rotatable bonds is 9. The van der Waals surface area contributed by atoms with E-state index in [1.807, 2.05) is 33.0 Å². The lowest BCUT2D eigenvalue weighted by atomic mass is 10.3. The summed E-state index contributed by atoms with van der Waals surface area (Å²) in [6.07, 6.45) is 2.83. The predicted molar refractivity (Wildman–Crippen MR) is 69.9 cm³/mol. The molecule has 98 valence electrons. The molecule has 17 heavy (non-hydrogen) atoms. The molecule has 0 aliphatic rings. The summed E-state index contributed by atoms with van der Waals surface area (Å²) in [7, 11) is -2.47. The lowest BCUT2D eigenvalue weighted by Crippen LogP contribution is -2.46. The minimum Gasteiger partial charge on any atom is -0.374 e.